The summed E-state index contributed by atoms with van der Waals surface area (Å²) in [7, 11) is 1.47. The van der Waals surface area contributed by atoms with Gasteiger partial charge < -0.3 is 20.4 Å². The summed E-state index contributed by atoms with van der Waals surface area (Å²) in [5.74, 6) is -2.93. The van der Waals surface area contributed by atoms with Crippen LogP contribution in [-0.4, -0.2) is 63.5 Å². The van der Waals surface area contributed by atoms with Gasteiger partial charge in [0.1, 0.15) is 17.4 Å². The maximum atomic E-state index is 16.4. The van der Waals surface area contributed by atoms with Crippen molar-refractivity contribution in [3.8, 4) is 16.9 Å². The van der Waals surface area contributed by atoms with Gasteiger partial charge in [-0.3, -0.25) is 23.9 Å². The van der Waals surface area contributed by atoms with Crippen molar-refractivity contribution in [2.75, 3.05) is 35.7 Å². The Labute approximate surface area is 279 Å². The maximum absolute atomic E-state index is 16.4. The summed E-state index contributed by atoms with van der Waals surface area (Å²) in [5.41, 5.74) is 6.09. The van der Waals surface area contributed by atoms with Gasteiger partial charge in [0.25, 0.3) is 11.5 Å². The van der Waals surface area contributed by atoms with Crippen LogP contribution in [0.15, 0.2) is 41.8 Å². The zero-order valence-corrected chi connectivity index (χ0v) is 27.7. The second-order valence-electron chi connectivity index (χ2n) is 12.1. The molecule has 47 heavy (non-hydrogen) atoms. The van der Waals surface area contributed by atoms with Gasteiger partial charge in [-0.05, 0) is 49.6 Å². The molecule has 0 aliphatic carbocycles. The van der Waals surface area contributed by atoms with Crippen molar-refractivity contribution < 1.29 is 18.4 Å². The molecule has 2 unspecified atom stereocenters. The Bertz CT molecular complexity index is 2080. The van der Waals surface area contributed by atoms with Gasteiger partial charge in [0.2, 0.25) is 5.91 Å². The number of pyridine rings is 3. The van der Waals surface area contributed by atoms with Crippen LogP contribution in [0.1, 0.15) is 37.9 Å². The molecule has 1 aromatic carbocycles. The van der Waals surface area contributed by atoms with Crippen LogP contribution in [0.4, 0.5) is 25.8 Å². The molecule has 1 fully saturated rings. The highest BCUT2D eigenvalue weighted by atomic mass is 35.5. The Morgan fingerprint density at radius 1 is 1.13 bits per heavy atom. The van der Waals surface area contributed by atoms with E-state index in [2.05, 4.69) is 16.5 Å². The lowest BCUT2D eigenvalue weighted by molar-refractivity contribution is -0.130. The average molecular weight is 683 g/mol. The van der Waals surface area contributed by atoms with Gasteiger partial charge in [0.15, 0.2) is 17.3 Å². The number of piperazine rings is 1. The number of halogens is 4. The summed E-state index contributed by atoms with van der Waals surface area (Å²) < 4.78 is 33.2. The molecule has 244 valence electrons. The number of aryl methyl sites for hydroxylation is 1. The minimum Gasteiger partial charge on any atom is -0.397 e. The van der Waals surface area contributed by atoms with Gasteiger partial charge in [-0.15, -0.1) is 0 Å². The lowest BCUT2D eigenvalue weighted by Crippen LogP contribution is -2.66. The maximum Gasteiger partial charge on any atom is 0.283 e. The van der Waals surface area contributed by atoms with Gasteiger partial charge in [0.05, 0.1) is 44.9 Å². The lowest BCUT2D eigenvalue weighted by Gasteiger charge is -2.49. The third kappa shape index (κ3) is 4.84. The van der Waals surface area contributed by atoms with Gasteiger partial charge >= 0.3 is 0 Å². The van der Waals surface area contributed by atoms with Gasteiger partial charge in [0, 0.05) is 31.2 Å². The van der Waals surface area contributed by atoms with Crippen LogP contribution in [0.2, 0.25) is 10.0 Å². The predicted molar refractivity (Wildman–Crippen MR) is 180 cm³/mol. The van der Waals surface area contributed by atoms with E-state index in [0.29, 0.717) is 16.9 Å². The van der Waals surface area contributed by atoms with Crippen molar-refractivity contribution in [3.05, 3.63) is 80.3 Å². The fraction of sp³-hybridized carbons (Fsp3) is 0.303. The van der Waals surface area contributed by atoms with E-state index in [9.17, 15) is 14.4 Å². The molecule has 2 amide bonds. The number of nitrogen functional groups attached to an aromatic ring is 1. The van der Waals surface area contributed by atoms with E-state index >= 15 is 8.78 Å². The molecular weight excluding hydrogens is 651 g/mol. The first kappa shape index (κ1) is 32.4. The van der Waals surface area contributed by atoms with E-state index in [1.54, 1.807) is 24.1 Å². The van der Waals surface area contributed by atoms with Gasteiger partial charge in [-0.1, -0.05) is 43.6 Å². The van der Waals surface area contributed by atoms with E-state index in [-0.39, 0.29) is 58.0 Å². The average Bonchev–Trinajstić information content (AvgIpc) is 3.02. The van der Waals surface area contributed by atoms with Crippen LogP contribution in [-0.2, 0) is 9.59 Å². The zero-order valence-electron chi connectivity index (χ0n) is 26.2. The number of amides is 2. The van der Waals surface area contributed by atoms with Crippen molar-refractivity contribution >= 4 is 63.1 Å². The van der Waals surface area contributed by atoms with Crippen LogP contribution in [0.5, 0.6) is 0 Å². The molecular formula is C33H31Cl2F2N7O3. The third-order valence-corrected chi connectivity index (χ3v) is 9.45. The van der Waals surface area contributed by atoms with Crippen molar-refractivity contribution in [1.29, 1.82) is 0 Å². The highest BCUT2D eigenvalue weighted by Crippen LogP contribution is 2.44. The molecule has 0 bridgehead atoms. The fourth-order valence-corrected chi connectivity index (χ4v) is 7.01. The quantitative estimate of drug-likeness (QED) is 0.169. The molecule has 3 aromatic heterocycles. The highest BCUT2D eigenvalue weighted by molar-refractivity contribution is 6.37. The molecule has 5 heterocycles. The number of benzene rings is 1. The molecule has 1 saturated heterocycles. The Kier molecular flexibility index (Phi) is 8.00. The number of carbonyl (C=O) groups is 2. The number of rotatable bonds is 4. The molecule has 2 atom stereocenters. The van der Waals surface area contributed by atoms with E-state index < -0.39 is 51.5 Å². The Morgan fingerprint density at radius 2 is 1.83 bits per heavy atom. The number of fused-ring (bicyclic) bond motifs is 5. The molecule has 10 nitrogen and oxygen atoms in total. The number of hydrogen-bond donors (Lipinski definition) is 1. The van der Waals surface area contributed by atoms with Crippen LogP contribution in [0.25, 0.3) is 28.0 Å². The number of hydrogen-bond acceptors (Lipinski definition) is 7. The Balaban J connectivity index is 1.78. The van der Waals surface area contributed by atoms with E-state index in [1.807, 2.05) is 20.8 Å². The number of carbonyl (C=O) groups excluding carboxylic acids is 2. The summed E-state index contributed by atoms with van der Waals surface area (Å²) in [6.45, 7) is 11.1. The Morgan fingerprint density at radius 3 is 2.49 bits per heavy atom. The number of anilines is 3. The minimum atomic E-state index is -1.03. The van der Waals surface area contributed by atoms with Crippen LogP contribution >= 0.6 is 23.2 Å². The number of aromatic nitrogens is 3. The summed E-state index contributed by atoms with van der Waals surface area (Å²) >= 11 is 12.3. The summed E-state index contributed by atoms with van der Waals surface area (Å²) in [4.78, 5) is 55.1. The fourth-order valence-electron chi connectivity index (χ4n) is 6.55. The van der Waals surface area contributed by atoms with Crippen LogP contribution in [0.3, 0.4) is 0 Å². The molecule has 2 N–H and O–H groups in total. The number of nitrogens with zero attached hydrogens (tertiary/aromatic N) is 6. The molecule has 14 heteroatoms. The van der Waals surface area contributed by atoms with E-state index in [0.717, 1.165) is 12.1 Å². The van der Waals surface area contributed by atoms with Crippen molar-refractivity contribution in [2.45, 2.75) is 45.7 Å². The summed E-state index contributed by atoms with van der Waals surface area (Å²) in [6.07, 6.45) is 2.80. The van der Waals surface area contributed by atoms with Crippen molar-refractivity contribution in [2.24, 2.45) is 0 Å². The molecule has 0 spiro atoms. The zero-order chi connectivity index (χ0) is 34.2. The van der Waals surface area contributed by atoms with Crippen molar-refractivity contribution in [1.82, 2.24) is 19.4 Å². The summed E-state index contributed by atoms with van der Waals surface area (Å²) in [5, 5.41) is -0.326. The lowest BCUT2D eigenvalue weighted by atomic mass is 9.97. The standard InChI is InChI=1S/C33H31Cl2F2N7O3/c1-7-22(45)42-13-21-32(46)41(6)30-29(43(21)12-16(42)5)17-10-20(36)27(23-24(37)18(34)11-19(35)25(23)38)40-31(17)44(33(30)47)28-15(4)8-9-39-26(28)14(2)3/h7-11,14,16,21H,1,12-13,38H2,2-6H3. The first-order valence-corrected chi connectivity index (χ1v) is 15.6. The highest BCUT2D eigenvalue weighted by Gasteiger charge is 2.46. The molecule has 2 aliphatic rings. The van der Waals surface area contributed by atoms with Crippen molar-refractivity contribution in [3.63, 3.8) is 0 Å². The molecule has 6 rings (SSSR count). The largest absolute Gasteiger partial charge is 0.397 e. The second-order valence-corrected chi connectivity index (χ2v) is 12.9. The predicted octanol–water partition coefficient (Wildman–Crippen LogP) is 5.61. The molecule has 4 aromatic rings. The van der Waals surface area contributed by atoms with Crippen LogP contribution in [0, 0.1) is 18.6 Å². The number of nitrogens with two attached hydrogens (primary N) is 1. The smallest absolute Gasteiger partial charge is 0.283 e. The number of likely N-dealkylation sites (N-methyl/N-ethyl adjacent to an activating group) is 1. The Hall–Kier alpha value is -4.55. The van der Waals surface area contributed by atoms with E-state index in [4.69, 9.17) is 28.9 Å². The van der Waals surface area contributed by atoms with E-state index in [1.165, 1.54) is 27.5 Å². The second kappa shape index (κ2) is 11.6. The first-order chi connectivity index (χ1) is 22.2. The molecule has 0 radical (unpaired) electrons. The normalized spacial score (nSPS) is 17.7. The van der Waals surface area contributed by atoms with Gasteiger partial charge in [-0.2, -0.15) is 0 Å². The SMILES string of the molecule is C=CC(=O)N1CC2C(=O)N(C)c3c(c4cc(F)c(-c5c(N)c(Cl)cc(Cl)c5F)nc4n(-c4c(C)ccnc4C(C)C)c3=O)N2CC1C. The monoisotopic (exact) mass is 681 g/mol. The summed E-state index contributed by atoms with van der Waals surface area (Å²) in [6, 6.07) is 2.70. The third-order valence-electron chi connectivity index (χ3n) is 8.86. The molecule has 2 aliphatic heterocycles. The molecule has 0 saturated carbocycles. The van der Waals surface area contributed by atoms with Crippen LogP contribution < -0.4 is 21.1 Å². The van der Waals surface area contributed by atoms with Gasteiger partial charge in [-0.25, -0.2) is 13.8 Å². The first-order valence-electron chi connectivity index (χ1n) is 14.8. The minimum absolute atomic E-state index is 0.00199. The topological polar surface area (TPSA) is 118 Å².